The van der Waals surface area contributed by atoms with Gasteiger partial charge in [0.25, 0.3) is 0 Å². The summed E-state index contributed by atoms with van der Waals surface area (Å²) in [7, 11) is 0. The van der Waals surface area contributed by atoms with Gasteiger partial charge in [-0.05, 0) is 44.2 Å². The molecule has 98 valence electrons. The Morgan fingerprint density at radius 2 is 2.22 bits per heavy atom. The normalized spacial score (nSPS) is 24.2. The number of fused-ring (bicyclic) bond motifs is 1. The molecule has 3 rings (SSSR count). The van der Waals surface area contributed by atoms with E-state index in [1.54, 1.807) is 0 Å². The Kier molecular flexibility index (Phi) is 3.29. The zero-order valence-electron chi connectivity index (χ0n) is 11.4. The van der Waals surface area contributed by atoms with Crippen molar-refractivity contribution in [1.82, 2.24) is 5.32 Å². The van der Waals surface area contributed by atoms with Crippen molar-refractivity contribution in [2.75, 3.05) is 6.54 Å². The second kappa shape index (κ2) is 4.93. The monoisotopic (exact) mass is 245 g/mol. The summed E-state index contributed by atoms with van der Waals surface area (Å²) in [5.74, 6) is 1.99. The van der Waals surface area contributed by atoms with Crippen molar-refractivity contribution in [1.29, 1.82) is 0 Å². The minimum atomic E-state index is 0.323. The Hall–Kier alpha value is -1.02. The topological polar surface area (TPSA) is 21.3 Å². The summed E-state index contributed by atoms with van der Waals surface area (Å²) in [4.78, 5) is 0. The maximum atomic E-state index is 5.98. The molecular formula is C16H23NO. The van der Waals surface area contributed by atoms with E-state index in [4.69, 9.17) is 4.74 Å². The van der Waals surface area contributed by atoms with Crippen LogP contribution in [0.1, 0.15) is 37.3 Å². The van der Waals surface area contributed by atoms with E-state index in [0.717, 1.165) is 24.6 Å². The molecule has 0 spiro atoms. The fraction of sp³-hybridized carbons (Fsp3) is 0.625. The van der Waals surface area contributed by atoms with E-state index in [1.807, 2.05) is 0 Å². The van der Waals surface area contributed by atoms with Crippen LogP contribution in [0.4, 0.5) is 0 Å². The molecule has 0 saturated heterocycles. The van der Waals surface area contributed by atoms with Crippen molar-refractivity contribution in [3.05, 3.63) is 29.3 Å². The van der Waals surface area contributed by atoms with Crippen molar-refractivity contribution in [3.8, 4) is 5.75 Å². The van der Waals surface area contributed by atoms with E-state index in [9.17, 15) is 0 Å². The number of rotatable bonds is 4. The zero-order valence-corrected chi connectivity index (χ0v) is 11.4. The minimum absolute atomic E-state index is 0.323. The third-order valence-corrected chi connectivity index (χ3v) is 4.48. The molecule has 1 N–H and O–H groups in total. The van der Waals surface area contributed by atoms with Gasteiger partial charge in [0.15, 0.2) is 0 Å². The lowest BCUT2D eigenvalue weighted by atomic mass is 9.80. The average Bonchev–Trinajstić information content (AvgIpc) is 2.65. The number of nitrogens with one attached hydrogen (secondary N) is 1. The fourth-order valence-corrected chi connectivity index (χ4v) is 2.99. The molecule has 2 atom stereocenters. The largest absolute Gasteiger partial charge is 0.488 e. The standard InChI is InChI=1S/C16H23NO/c1-11-6-7-16-14(8-11)9-15(18-16)10-17-12(2)13-4-3-5-13/h6-8,12-13,15,17H,3-5,9-10H2,1-2H3. The van der Waals surface area contributed by atoms with Crippen LogP contribution < -0.4 is 10.1 Å². The summed E-state index contributed by atoms with van der Waals surface area (Å²) >= 11 is 0. The molecule has 0 amide bonds. The number of hydrogen-bond donors (Lipinski definition) is 1. The van der Waals surface area contributed by atoms with Gasteiger partial charge in [-0.3, -0.25) is 0 Å². The highest BCUT2D eigenvalue weighted by Crippen LogP contribution is 2.31. The van der Waals surface area contributed by atoms with Gasteiger partial charge in [0.2, 0.25) is 0 Å². The van der Waals surface area contributed by atoms with Crippen LogP contribution in [0.25, 0.3) is 0 Å². The summed E-state index contributed by atoms with van der Waals surface area (Å²) < 4.78 is 5.98. The molecule has 0 radical (unpaired) electrons. The Bertz CT molecular complexity index is 425. The van der Waals surface area contributed by atoms with Crippen molar-refractivity contribution >= 4 is 0 Å². The van der Waals surface area contributed by atoms with Crippen LogP contribution in [0, 0.1) is 12.8 Å². The smallest absolute Gasteiger partial charge is 0.123 e. The number of aryl methyl sites for hydroxylation is 1. The zero-order chi connectivity index (χ0) is 12.5. The summed E-state index contributed by atoms with van der Waals surface area (Å²) in [5, 5.41) is 3.65. The Labute approximate surface area is 110 Å². The first-order valence-corrected chi connectivity index (χ1v) is 7.22. The summed E-state index contributed by atoms with van der Waals surface area (Å²) in [6.45, 7) is 5.44. The molecular weight excluding hydrogens is 222 g/mol. The van der Waals surface area contributed by atoms with E-state index in [-0.39, 0.29) is 0 Å². The van der Waals surface area contributed by atoms with E-state index in [1.165, 1.54) is 30.4 Å². The second-order valence-corrected chi connectivity index (χ2v) is 5.94. The van der Waals surface area contributed by atoms with Crippen molar-refractivity contribution in [3.63, 3.8) is 0 Å². The Morgan fingerprint density at radius 1 is 1.39 bits per heavy atom. The van der Waals surface area contributed by atoms with Gasteiger partial charge in [0.05, 0.1) is 0 Å². The first-order valence-electron chi connectivity index (χ1n) is 7.22. The third kappa shape index (κ3) is 2.39. The molecule has 1 fully saturated rings. The predicted octanol–water partition coefficient (Wildman–Crippen LogP) is 3.08. The lowest BCUT2D eigenvalue weighted by Crippen LogP contribution is -2.41. The highest BCUT2D eigenvalue weighted by molar-refractivity contribution is 5.40. The third-order valence-electron chi connectivity index (χ3n) is 4.48. The molecule has 18 heavy (non-hydrogen) atoms. The van der Waals surface area contributed by atoms with Gasteiger partial charge in [0, 0.05) is 19.0 Å². The van der Waals surface area contributed by atoms with Crippen LogP contribution in [-0.2, 0) is 6.42 Å². The van der Waals surface area contributed by atoms with Crippen LogP contribution in [0.15, 0.2) is 18.2 Å². The highest BCUT2D eigenvalue weighted by atomic mass is 16.5. The summed E-state index contributed by atoms with van der Waals surface area (Å²) in [6, 6.07) is 7.14. The van der Waals surface area contributed by atoms with E-state index in [0.29, 0.717) is 12.1 Å². The van der Waals surface area contributed by atoms with Crippen LogP contribution in [-0.4, -0.2) is 18.7 Å². The molecule has 0 bridgehead atoms. The van der Waals surface area contributed by atoms with Crippen LogP contribution in [0.5, 0.6) is 5.75 Å². The molecule has 0 aromatic heterocycles. The lowest BCUT2D eigenvalue weighted by Gasteiger charge is -2.32. The van der Waals surface area contributed by atoms with Gasteiger partial charge in [-0.25, -0.2) is 0 Å². The molecule has 1 aliphatic carbocycles. The number of hydrogen-bond acceptors (Lipinski definition) is 2. The quantitative estimate of drug-likeness (QED) is 0.880. The second-order valence-electron chi connectivity index (χ2n) is 5.94. The first-order chi connectivity index (χ1) is 8.72. The van der Waals surface area contributed by atoms with E-state index >= 15 is 0 Å². The SMILES string of the molecule is Cc1ccc2c(c1)CC(CNC(C)C1CCC1)O2. The van der Waals surface area contributed by atoms with Crippen LogP contribution in [0.3, 0.4) is 0 Å². The molecule has 1 aliphatic heterocycles. The lowest BCUT2D eigenvalue weighted by molar-refractivity contribution is 0.191. The molecule has 2 unspecified atom stereocenters. The van der Waals surface area contributed by atoms with Gasteiger partial charge in [-0.15, -0.1) is 0 Å². The summed E-state index contributed by atoms with van der Waals surface area (Å²) in [6.07, 6.45) is 5.60. The number of benzene rings is 1. The molecule has 2 aliphatic rings. The molecule has 1 heterocycles. The minimum Gasteiger partial charge on any atom is -0.488 e. The maximum Gasteiger partial charge on any atom is 0.123 e. The summed E-state index contributed by atoms with van der Waals surface area (Å²) in [5.41, 5.74) is 2.70. The van der Waals surface area contributed by atoms with Gasteiger partial charge < -0.3 is 10.1 Å². The molecule has 1 aromatic carbocycles. The van der Waals surface area contributed by atoms with E-state index in [2.05, 4.69) is 37.4 Å². The van der Waals surface area contributed by atoms with Crippen molar-refractivity contribution in [2.24, 2.45) is 5.92 Å². The Balaban J connectivity index is 1.51. The average molecular weight is 245 g/mol. The maximum absolute atomic E-state index is 5.98. The van der Waals surface area contributed by atoms with Crippen molar-refractivity contribution in [2.45, 2.75) is 51.7 Å². The van der Waals surface area contributed by atoms with Gasteiger partial charge in [-0.1, -0.05) is 24.1 Å². The van der Waals surface area contributed by atoms with Crippen LogP contribution >= 0.6 is 0 Å². The highest BCUT2D eigenvalue weighted by Gasteiger charge is 2.26. The number of ether oxygens (including phenoxy) is 1. The first kappa shape index (κ1) is 12.0. The van der Waals surface area contributed by atoms with Gasteiger partial charge >= 0.3 is 0 Å². The van der Waals surface area contributed by atoms with E-state index < -0.39 is 0 Å². The predicted molar refractivity (Wildman–Crippen MR) is 74.1 cm³/mol. The van der Waals surface area contributed by atoms with Gasteiger partial charge in [-0.2, -0.15) is 0 Å². The molecule has 2 nitrogen and oxygen atoms in total. The molecule has 1 aromatic rings. The van der Waals surface area contributed by atoms with Gasteiger partial charge in [0.1, 0.15) is 11.9 Å². The fourth-order valence-electron chi connectivity index (χ4n) is 2.99. The molecule has 2 heteroatoms. The van der Waals surface area contributed by atoms with Crippen LogP contribution in [0.2, 0.25) is 0 Å². The van der Waals surface area contributed by atoms with Crippen molar-refractivity contribution < 1.29 is 4.74 Å². The molecule has 1 saturated carbocycles. The Morgan fingerprint density at radius 3 is 2.94 bits per heavy atom.